The van der Waals surface area contributed by atoms with Crippen LogP contribution in [-0.2, 0) is 13.5 Å². The second-order valence-corrected chi connectivity index (χ2v) is 6.07. The first-order valence-corrected chi connectivity index (χ1v) is 7.85. The van der Waals surface area contributed by atoms with E-state index in [0.717, 1.165) is 46.9 Å². The second kappa shape index (κ2) is 4.83. The van der Waals surface area contributed by atoms with Crippen molar-refractivity contribution in [3.63, 3.8) is 0 Å². The highest BCUT2D eigenvalue weighted by Crippen LogP contribution is 2.36. The van der Waals surface area contributed by atoms with Crippen LogP contribution in [0.3, 0.4) is 0 Å². The maximum Gasteiger partial charge on any atom is 0.259 e. The van der Waals surface area contributed by atoms with E-state index in [1.807, 2.05) is 42.2 Å². The molecule has 0 atom stereocenters. The Kier molecular flexibility index (Phi) is 2.93. The molecule has 1 aliphatic carbocycles. The molecule has 0 saturated heterocycles. The summed E-state index contributed by atoms with van der Waals surface area (Å²) in [7, 11) is 1.90. The van der Waals surface area contributed by atoms with E-state index in [1.54, 1.807) is 4.68 Å². The minimum Gasteiger partial charge on any atom is -0.309 e. The zero-order valence-corrected chi connectivity index (χ0v) is 12.9. The average molecular weight is 293 g/mol. The monoisotopic (exact) mass is 293 g/mol. The summed E-state index contributed by atoms with van der Waals surface area (Å²) in [5.74, 6) is 0. The molecule has 1 fully saturated rings. The molecule has 2 aromatic heterocycles. The van der Waals surface area contributed by atoms with Gasteiger partial charge in [-0.15, -0.1) is 0 Å². The number of benzene rings is 1. The zero-order valence-electron chi connectivity index (χ0n) is 12.9. The van der Waals surface area contributed by atoms with Gasteiger partial charge in [-0.2, -0.15) is 5.10 Å². The van der Waals surface area contributed by atoms with E-state index in [9.17, 15) is 4.79 Å². The molecule has 0 aliphatic heterocycles. The van der Waals surface area contributed by atoms with Gasteiger partial charge < -0.3 is 4.57 Å². The number of aryl methyl sites for hydroxylation is 2. The number of hydrogen-bond acceptors (Lipinski definition) is 2. The first-order chi connectivity index (χ1) is 10.7. The Morgan fingerprint density at radius 2 is 2.14 bits per heavy atom. The largest absolute Gasteiger partial charge is 0.309 e. The van der Waals surface area contributed by atoms with Crippen molar-refractivity contribution in [2.75, 3.05) is 0 Å². The van der Waals surface area contributed by atoms with Gasteiger partial charge in [0.15, 0.2) is 0 Å². The Hall–Kier alpha value is -2.36. The topological polar surface area (TPSA) is 39.8 Å². The molecule has 4 rings (SSSR count). The number of rotatable bonds is 3. The maximum absolute atomic E-state index is 13.1. The molecule has 1 aliphatic rings. The van der Waals surface area contributed by atoms with E-state index < -0.39 is 0 Å². The molecule has 0 N–H and O–H groups in total. The summed E-state index contributed by atoms with van der Waals surface area (Å²) in [5, 5.41) is 6.09. The molecule has 1 aromatic carbocycles. The van der Waals surface area contributed by atoms with Gasteiger partial charge in [0.05, 0.1) is 11.6 Å². The van der Waals surface area contributed by atoms with Crippen LogP contribution in [0.1, 0.15) is 31.5 Å². The van der Waals surface area contributed by atoms with Gasteiger partial charge in [0.1, 0.15) is 0 Å². The van der Waals surface area contributed by atoms with Crippen molar-refractivity contribution in [1.82, 2.24) is 14.3 Å². The summed E-state index contributed by atoms with van der Waals surface area (Å²) in [4.78, 5) is 13.1. The van der Waals surface area contributed by atoms with Crippen molar-refractivity contribution in [2.24, 2.45) is 7.05 Å². The molecule has 3 aromatic rings. The fraction of sp³-hybridized carbons (Fsp3) is 0.333. The average Bonchev–Trinajstić information content (AvgIpc) is 3.26. The lowest BCUT2D eigenvalue weighted by Gasteiger charge is -2.14. The van der Waals surface area contributed by atoms with Crippen LogP contribution in [0, 0.1) is 0 Å². The maximum atomic E-state index is 13.1. The molecular weight excluding hydrogens is 274 g/mol. The molecule has 112 valence electrons. The van der Waals surface area contributed by atoms with Crippen molar-refractivity contribution < 1.29 is 0 Å². The van der Waals surface area contributed by atoms with Gasteiger partial charge >= 0.3 is 0 Å². The Morgan fingerprint density at radius 3 is 2.77 bits per heavy atom. The Balaban J connectivity index is 2.07. The molecule has 0 unspecified atom stereocenters. The van der Waals surface area contributed by atoms with E-state index in [-0.39, 0.29) is 5.56 Å². The van der Waals surface area contributed by atoms with Crippen molar-refractivity contribution in [1.29, 1.82) is 0 Å². The Bertz CT molecular complexity index is 916. The molecule has 0 spiro atoms. The van der Waals surface area contributed by atoms with E-state index >= 15 is 0 Å². The first kappa shape index (κ1) is 13.3. The van der Waals surface area contributed by atoms with Crippen LogP contribution in [0.25, 0.3) is 21.9 Å². The Labute approximate surface area is 129 Å². The van der Waals surface area contributed by atoms with Crippen molar-refractivity contribution in [2.45, 2.75) is 32.2 Å². The molecule has 4 nitrogen and oxygen atoms in total. The summed E-state index contributed by atoms with van der Waals surface area (Å²) in [6.07, 6.45) is 6.91. The zero-order chi connectivity index (χ0) is 15.3. The number of fused-ring (bicyclic) bond motifs is 1. The first-order valence-electron chi connectivity index (χ1n) is 7.85. The lowest BCUT2D eigenvalue weighted by Crippen LogP contribution is -2.23. The van der Waals surface area contributed by atoms with Crippen LogP contribution < -0.4 is 5.56 Å². The van der Waals surface area contributed by atoms with E-state index in [4.69, 9.17) is 0 Å². The number of hydrogen-bond donors (Lipinski definition) is 0. The minimum atomic E-state index is 0.149. The second-order valence-electron chi connectivity index (χ2n) is 6.07. The smallest absolute Gasteiger partial charge is 0.259 e. The predicted octanol–water partition coefficient (Wildman–Crippen LogP) is 3.30. The molecule has 22 heavy (non-hydrogen) atoms. The van der Waals surface area contributed by atoms with Gasteiger partial charge in [-0.05, 0) is 36.3 Å². The Morgan fingerprint density at radius 1 is 1.32 bits per heavy atom. The van der Waals surface area contributed by atoms with Gasteiger partial charge in [-0.25, -0.2) is 0 Å². The fourth-order valence-corrected chi connectivity index (χ4v) is 3.24. The van der Waals surface area contributed by atoms with Gasteiger partial charge in [-0.1, -0.05) is 25.1 Å². The summed E-state index contributed by atoms with van der Waals surface area (Å²) >= 11 is 0. The third-order valence-electron chi connectivity index (χ3n) is 4.45. The third kappa shape index (κ3) is 1.98. The van der Waals surface area contributed by atoms with Gasteiger partial charge in [0.2, 0.25) is 0 Å². The van der Waals surface area contributed by atoms with Crippen molar-refractivity contribution in [3.05, 3.63) is 52.7 Å². The van der Waals surface area contributed by atoms with E-state index in [2.05, 4.69) is 18.1 Å². The predicted molar refractivity (Wildman–Crippen MR) is 88.1 cm³/mol. The lowest BCUT2D eigenvalue weighted by atomic mass is 10.0. The molecule has 0 radical (unpaired) electrons. The van der Waals surface area contributed by atoms with Crippen LogP contribution in [0.4, 0.5) is 0 Å². The minimum absolute atomic E-state index is 0.149. The van der Waals surface area contributed by atoms with E-state index in [0.29, 0.717) is 6.04 Å². The van der Waals surface area contributed by atoms with Gasteiger partial charge in [0.25, 0.3) is 5.56 Å². The van der Waals surface area contributed by atoms with Crippen LogP contribution in [-0.4, -0.2) is 14.3 Å². The van der Waals surface area contributed by atoms with Crippen LogP contribution in [0.5, 0.6) is 0 Å². The number of pyridine rings is 1. The van der Waals surface area contributed by atoms with Crippen molar-refractivity contribution in [3.8, 4) is 11.1 Å². The summed E-state index contributed by atoms with van der Waals surface area (Å²) < 4.78 is 3.79. The van der Waals surface area contributed by atoms with Crippen molar-refractivity contribution >= 4 is 10.8 Å². The summed E-state index contributed by atoms with van der Waals surface area (Å²) in [6.45, 7) is 2.12. The standard InChI is InChI=1S/C18H19N3O/c1-3-14-9-12-5-4-6-16(13-10-19-20(2)11-13)17(12)18(22)21(14)15-7-8-15/h4-6,9-11,15H,3,7-8H2,1-2H3. The highest BCUT2D eigenvalue weighted by molar-refractivity contribution is 5.96. The summed E-state index contributed by atoms with van der Waals surface area (Å²) in [6, 6.07) is 8.64. The highest BCUT2D eigenvalue weighted by atomic mass is 16.1. The molecular formula is C18H19N3O. The molecule has 0 amide bonds. The third-order valence-corrected chi connectivity index (χ3v) is 4.45. The number of aromatic nitrogens is 3. The van der Waals surface area contributed by atoms with Crippen LogP contribution >= 0.6 is 0 Å². The quantitative estimate of drug-likeness (QED) is 0.743. The molecule has 2 heterocycles. The number of nitrogens with zero attached hydrogens (tertiary/aromatic N) is 3. The molecule has 4 heteroatoms. The lowest BCUT2D eigenvalue weighted by molar-refractivity contribution is 0.670. The van der Waals surface area contributed by atoms with Gasteiger partial charge in [-0.3, -0.25) is 9.48 Å². The molecule has 1 saturated carbocycles. The van der Waals surface area contributed by atoms with Gasteiger partial charge in [0, 0.05) is 30.5 Å². The SMILES string of the molecule is CCc1cc2cccc(-c3cnn(C)c3)c2c(=O)n1C1CC1. The fourth-order valence-electron chi connectivity index (χ4n) is 3.24. The summed E-state index contributed by atoms with van der Waals surface area (Å²) in [5.41, 5.74) is 3.27. The highest BCUT2D eigenvalue weighted by Gasteiger charge is 2.27. The van der Waals surface area contributed by atoms with E-state index in [1.165, 1.54) is 0 Å². The molecule has 0 bridgehead atoms. The van der Waals surface area contributed by atoms with Crippen LogP contribution in [0.2, 0.25) is 0 Å². The normalized spacial score (nSPS) is 14.6. The van der Waals surface area contributed by atoms with Crippen LogP contribution in [0.15, 0.2) is 41.5 Å².